The van der Waals surface area contributed by atoms with Crippen LogP contribution in [0.5, 0.6) is 0 Å². The van der Waals surface area contributed by atoms with Crippen molar-refractivity contribution in [3.8, 4) is 0 Å². The fourth-order valence-corrected chi connectivity index (χ4v) is 1.49. The molecule has 0 atom stereocenters. The lowest BCUT2D eigenvalue weighted by Crippen LogP contribution is -2.00. The van der Waals surface area contributed by atoms with Gasteiger partial charge in [-0.15, -0.1) is 0 Å². The van der Waals surface area contributed by atoms with Crippen molar-refractivity contribution in [1.29, 1.82) is 0 Å². The molecular weight excluding hydrogens is 242 g/mol. The van der Waals surface area contributed by atoms with Gasteiger partial charge in [0.25, 0.3) is 5.69 Å². The lowest BCUT2D eigenvalue weighted by molar-refractivity contribution is -0.384. The second-order valence-corrected chi connectivity index (χ2v) is 3.53. The molecule has 0 aliphatic rings. The van der Waals surface area contributed by atoms with E-state index in [4.69, 9.17) is 0 Å². The molecule has 0 saturated heterocycles. The first-order valence-electron chi connectivity index (χ1n) is 5.03. The number of benzene rings is 2. The van der Waals surface area contributed by atoms with E-state index in [1.54, 1.807) is 30.3 Å². The Morgan fingerprint density at radius 1 is 1.11 bits per heavy atom. The van der Waals surface area contributed by atoms with Crippen LogP contribution in [0, 0.1) is 21.7 Å². The fraction of sp³-hybridized carbons (Fsp3) is 0. The van der Waals surface area contributed by atoms with Crippen molar-refractivity contribution < 1.29 is 13.7 Å². The number of hydrogen-bond donors (Lipinski definition) is 1. The van der Waals surface area contributed by atoms with Crippen LogP contribution in [-0.2, 0) is 0 Å². The average molecular weight is 250 g/mol. The van der Waals surface area contributed by atoms with Crippen LogP contribution in [0.2, 0.25) is 0 Å². The number of nitrogens with one attached hydrogen (secondary N) is 1. The van der Waals surface area contributed by atoms with Gasteiger partial charge in [0.15, 0.2) is 11.5 Å². The van der Waals surface area contributed by atoms with Gasteiger partial charge in [-0.05, 0) is 12.1 Å². The van der Waals surface area contributed by atoms with Gasteiger partial charge < -0.3 is 5.32 Å². The summed E-state index contributed by atoms with van der Waals surface area (Å²) in [4.78, 5) is 9.91. The molecule has 2 rings (SSSR count). The average Bonchev–Trinajstić information content (AvgIpc) is 2.33. The first-order valence-corrected chi connectivity index (χ1v) is 5.03. The van der Waals surface area contributed by atoms with Crippen molar-refractivity contribution in [2.45, 2.75) is 0 Å². The van der Waals surface area contributed by atoms with Gasteiger partial charge in [0.2, 0.25) is 0 Å². The number of nitro groups is 1. The summed E-state index contributed by atoms with van der Waals surface area (Å²) in [6.07, 6.45) is 0. The summed E-state index contributed by atoms with van der Waals surface area (Å²) in [5, 5.41) is 13.3. The Bertz CT molecular complexity index is 588. The van der Waals surface area contributed by atoms with Gasteiger partial charge >= 0.3 is 0 Å². The topological polar surface area (TPSA) is 55.2 Å². The van der Waals surface area contributed by atoms with Crippen molar-refractivity contribution in [1.82, 2.24) is 0 Å². The van der Waals surface area contributed by atoms with Gasteiger partial charge in [-0.2, -0.15) is 0 Å². The van der Waals surface area contributed by atoms with E-state index < -0.39 is 22.2 Å². The molecule has 0 heterocycles. The lowest BCUT2D eigenvalue weighted by atomic mass is 10.2. The normalized spacial score (nSPS) is 10.1. The van der Waals surface area contributed by atoms with Gasteiger partial charge in [-0.1, -0.05) is 18.2 Å². The van der Waals surface area contributed by atoms with E-state index in [1.165, 1.54) is 0 Å². The van der Waals surface area contributed by atoms with Crippen LogP contribution in [0.15, 0.2) is 42.5 Å². The molecule has 92 valence electrons. The highest BCUT2D eigenvalue weighted by molar-refractivity contribution is 5.70. The number of para-hydroxylation sites is 1. The van der Waals surface area contributed by atoms with Crippen LogP contribution in [0.25, 0.3) is 0 Å². The Hall–Kier alpha value is -2.50. The molecule has 0 unspecified atom stereocenters. The molecule has 0 aliphatic carbocycles. The summed E-state index contributed by atoms with van der Waals surface area (Å²) in [5.74, 6) is -2.00. The Balaban J connectivity index is 2.47. The van der Waals surface area contributed by atoms with Gasteiger partial charge in [0, 0.05) is 11.8 Å². The first-order chi connectivity index (χ1) is 8.58. The Labute approximate surface area is 101 Å². The van der Waals surface area contributed by atoms with Crippen LogP contribution in [0.1, 0.15) is 0 Å². The van der Waals surface area contributed by atoms with E-state index in [0.717, 1.165) is 0 Å². The SMILES string of the molecule is O=[N+]([O-])c1cc(F)cc(F)c1Nc1ccccc1. The minimum Gasteiger partial charge on any atom is -0.347 e. The van der Waals surface area contributed by atoms with Crippen molar-refractivity contribution >= 4 is 17.1 Å². The van der Waals surface area contributed by atoms with Crippen LogP contribution in [0.4, 0.5) is 25.8 Å². The highest BCUT2D eigenvalue weighted by Gasteiger charge is 2.20. The van der Waals surface area contributed by atoms with Crippen LogP contribution < -0.4 is 5.32 Å². The molecule has 0 bridgehead atoms. The van der Waals surface area contributed by atoms with Crippen molar-refractivity contribution in [2.75, 3.05) is 5.32 Å². The second kappa shape index (κ2) is 4.79. The van der Waals surface area contributed by atoms with E-state index in [-0.39, 0.29) is 5.69 Å². The Kier molecular flexibility index (Phi) is 3.18. The third-order valence-electron chi connectivity index (χ3n) is 2.27. The van der Waals surface area contributed by atoms with Crippen LogP contribution in [0.3, 0.4) is 0 Å². The minimum atomic E-state index is -1.01. The highest BCUT2D eigenvalue weighted by Crippen LogP contribution is 2.31. The molecule has 0 spiro atoms. The maximum absolute atomic E-state index is 13.5. The second-order valence-electron chi connectivity index (χ2n) is 3.53. The summed E-state index contributed by atoms with van der Waals surface area (Å²) < 4.78 is 26.5. The third kappa shape index (κ3) is 2.42. The molecule has 2 aromatic carbocycles. The molecule has 0 aromatic heterocycles. The van der Waals surface area contributed by atoms with E-state index in [9.17, 15) is 18.9 Å². The number of halogens is 2. The fourth-order valence-electron chi connectivity index (χ4n) is 1.49. The summed E-state index contributed by atoms with van der Waals surface area (Å²) in [7, 11) is 0. The molecular formula is C12H8F2N2O2. The quantitative estimate of drug-likeness (QED) is 0.668. The zero-order chi connectivity index (χ0) is 13.1. The largest absolute Gasteiger partial charge is 0.347 e. The Morgan fingerprint density at radius 2 is 1.78 bits per heavy atom. The number of anilines is 2. The van der Waals surface area contributed by atoms with Gasteiger partial charge in [-0.3, -0.25) is 10.1 Å². The van der Waals surface area contributed by atoms with E-state index >= 15 is 0 Å². The smallest absolute Gasteiger partial charge is 0.298 e. The molecule has 2 aromatic rings. The van der Waals surface area contributed by atoms with Crippen molar-refractivity contribution in [3.63, 3.8) is 0 Å². The lowest BCUT2D eigenvalue weighted by Gasteiger charge is -2.08. The van der Waals surface area contributed by atoms with Crippen molar-refractivity contribution in [3.05, 3.63) is 64.2 Å². The molecule has 1 N–H and O–H groups in total. The van der Waals surface area contributed by atoms with Crippen LogP contribution in [-0.4, -0.2) is 4.92 Å². The predicted molar refractivity (Wildman–Crippen MR) is 62.7 cm³/mol. The van der Waals surface area contributed by atoms with E-state index in [1.807, 2.05) is 0 Å². The number of nitro benzene ring substituents is 1. The minimum absolute atomic E-state index is 0.354. The molecule has 0 amide bonds. The molecule has 0 fully saturated rings. The van der Waals surface area contributed by atoms with Gasteiger partial charge in [0.05, 0.1) is 11.0 Å². The maximum Gasteiger partial charge on any atom is 0.298 e. The van der Waals surface area contributed by atoms with E-state index in [0.29, 0.717) is 17.8 Å². The van der Waals surface area contributed by atoms with E-state index in [2.05, 4.69) is 5.32 Å². The summed E-state index contributed by atoms with van der Waals surface area (Å²) >= 11 is 0. The third-order valence-corrected chi connectivity index (χ3v) is 2.27. The number of nitrogens with zero attached hydrogens (tertiary/aromatic N) is 1. The van der Waals surface area contributed by atoms with Crippen LogP contribution >= 0.6 is 0 Å². The summed E-state index contributed by atoms with van der Waals surface area (Å²) in [5.41, 5.74) is -0.518. The number of rotatable bonds is 3. The molecule has 0 saturated carbocycles. The molecule has 6 heteroatoms. The zero-order valence-corrected chi connectivity index (χ0v) is 9.06. The standard InChI is InChI=1S/C12H8F2N2O2/c13-8-6-10(14)12(11(7-8)16(17)18)15-9-4-2-1-3-5-9/h1-7,15H. The predicted octanol–water partition coefficient (Wildman–Crippen LogP) is 3.62. The molecule has 4 nitrogen and oxygen atoms in total. The summed E-state index contributed by atoms with van der Waals surface area (Å²) in [6.45, 7) is 0. The van der Waals surface area contributed by atoms with Crippen molar-refractivity contribution in [2.24, 2.45) is 0 Å². The molecule has 0 radical (unpaired) electrons. The van der Waals surface area contributed by atoms with Gasteiger partial charge in [0.1, 0.15) is 5.82 Å². The Morgan fingerprint density at radius 3 is 2.39 bits per heavy atom. The maximum atomic E-state index is 13.5. The number of hydrogen-bond acceptors (Lipinski definition) is 3. The van der Waals surface area contributed by atoms with Gasteiger partial charge in [-0.25, -0.2) is 8.78 Å². The summed E-state index contributed by atoms with van der Waals surface area (Å²) in [6, 6.07) is 9.64. The zero-order valence-electron chi connectivity index (χ0n) is 9.06. The monoisotopic (exact) mass is 250 g/mol. The molecule has 18 heavy (non-hydrogen) atoms. The first kappa shape index (κ1) is 12.0. The highest BCUT2D eigenvalue weighted by atomic mass is 19.1. The molecule has 0 aliphatic heterocycles.